The summed E-state index contributed by atoms with van der Waals surface area (Å²) < 4.78 is 0. The molecule has 0 heterocycles. The SMILES string of the molecule is C/C=C(/Nc1ccccc1)C(C)(C)C(C)C. The van der Waals surface area contributed by atoms with Crippen LogP contribution in [0, 0.1) is 11.3 Å². The predicted molar refractivity (Wildman–Crippen MR) is 72.4 cm³/mol. The van der Waals surface area contributed by atoms with Crippen molar-refractivity contribution in [3.05, 3.63) is 42.1 Å². The molecule has 1 aromatic rings. The summed E-state index contributed by atoms with van der Waals surface area (Å²) in [6, 6.07) is 10.3. The van der Waals surface area contributed by atoms with E-state index in [-0.39, 0.29) is 5.41 Å². The highest BCUT2D eigenvalue weighted by Gasteiger charge is 2.26. The van der Waals surface area contributed by atoms with Crippen molar-refractivity contribution in [1.82, 2.24) is 0 Å². The van der Waals surface area contributed by atoms with Gasteiger partial charge in [0.2, 0.25) is 0 Å². The minimum atomic E-state index is 0.171. The zero-order chi connectivity index (χ0) is 12.2. The Labute approximate surface area is 99.6 Å². The standard InChI is InChI=1S/C15H23N/c1-6-14(15(4,5)12(2)3)16-13-10-8-7-9-11-13/h6-12,16H,1-5H3/b14-6+. The highest BCUT2D eigenvalue weighted by Crippen LogP contribution is 2.34. The molecule has 1 rings (SSSR count). The lowest BCUT2D eigenvalue weighted by molar-refractivity contribution is 0.312. The summed E-state index contributed by atoms with van der Waals surface area (Å²) in [6.45, 7) is 11.2. The van der Waals surface area contributed by atoms with E-state index in [9.17, 15) is 0 Å². The Bertz CT molecular complexity index is 347. The molecular weight excluding hydrogens is 194 g/mol. The molecule has 0 fully saturated rings. The molecule has 0 aliphatic rings. The smallest absolute Gasteiger partial charge is 0.0381 e. The number of hydrogen-bond donors (Lipinski definition) is 1. The van der Waals surface area contributed by atoms with Crippen LogP contribution in [0.4, 0.5) is 5.69 Å². The molecule has 88 valence electrons. The van der Waals surface area contributed by atoms with Crippen LogP contribution in [0.15, 0.2) is 42.1 Å². The Morgan fingerprint density at radius 1 is 1.19 bits per heavy atom. The van der Waals surface area contributed by atoms with Gasteiger partial charge in [-0.15, -0.1) is 0 Å². The zero-order valence-corrected chi connectivity index (χ0v) is 11.0. The summed E-state index contributed by atoms with van der Waals surface area (Å²) in [7, 11) is 0. The first-order valence-electron chi connectivity index (χ1n) is 5.97. The molecule has 0 aliphatic carbocycles. The Kier molecular flexibility index (Phi) is 4.17. The largest absolute Gasteiger partial charge is 0.359 e. The fraction of sp³-hybridized carbons (Fsp3) is 0.467. The molecule has 0 radical (unpaired) electrons. The maximum atomic E-state index is 3.51. The van der Waals surface area contributed by atoms with Crippen molar-refractivity contribution in [3.63, 3.8) is 0 Å². The van der Waals surface area contributed by atoms with Gasteiger partial charge in [0.05, 0.1) is 0 Å². The van der Waals surface area contributed by atoms with Crippen molar-refractivity contribution < 1.29 is 0 Å². The first-order valence-corrected chi connectivity index (χ1v) is 5.97. The van der Waals surface area contributed by atoms with Gasteiger partial charge in [0, 0.05) is 16.8 Å². The minimum absolute atomic E-state index is 0.171. The van der Waals surface area contributed by atoms with E-state index in [0.29, 0.717) is 5.92 Å². The molecule has 0 saturated heterocycles. The molecule has 1 N–H and O–H groups in total. The van der Waals surface area contributed by atoms with Crippen molar-refractivity contribution in [2.45, 2.75) is 34.6 Å². The van der Waals surface area contributed by atoms with E-state index in [2.05, 4.69) is 70.3 Å². The van der Waals surface area contributed by atoms with Gasteiger partial charge in [-0.3, -0.25) is 0 Å². The first-order chi connectivity index (χ1) is 7.48. The van der Waals surface area contributed by atoms with E-state index in [1.165, 1.54) is 5.70 Å². The molecule has 1 heteroatoms. The second-order valence-corrected chi connectivity index (χ2v) is 5.07. The van der Waals surface area contributed by atoms with E-state index in [4.69, 9.17) is 0 Å². The number of nitrogens with one attached hydrogen (secondary N) is 1. The van der Waals surface area contributed by atoms with Crippen LogP contribution in [0.3, 0.4) is 0 Å². The van der Waals surface area contributed by atoms with E-state index in [0.717, 1.165) is 5.69 Å². The van der Waals surface area contributed by atoms with Crippen molar-refractivity contribution in [2.75, 3.05) is 5.32 Å². The number of benzene rings is 1. The summed E-state index contributed by atoms with van der Waals surface area (Å²) in [5.41, 5.74) is 2.61. The molecule has 1 aromatic carbocycles. The molecular formula is C15H23N. The minimum Gasteiger partial charge on any atom is -0.359 e. The van der Waals surface area contributed by atoms with Crippen LogP contribution >= 0.6 is 0 Å². The summed E-state index contributed by atoms with van der Waals surface area (Å²) in [6.07, 6.45) is 2.17. The topological polar surface area (TPSA) is 12.0 Å². The van der Waals surface area contributed by atoms with E-state index in [1.807, 2.05) is 6.07 Å². The number of para-hydroxylation sites is 1. The van der Waals surface area contributed by atoms with Gasteiger partial charge in [0.1, 0.15) is 0 Å². The van der Waals surface area contributed by atoms with Crippen molar-refractivity contribution >= 4 is 5.69 Å². The molecule has 0 saturated carbocycles. The average Bonchev–Trinajstić information content (AvgIpc) is 2.26. The zero-order valence-electron chi connectivity index (χ0n) is 11.0. The van der Waals surface area contributed by atoms with Crippen LogP contribution in [0.25, 0.3) is 0 Å². The molecule has 0 unspecified atom stereocenters. The summed E-state index contributed by atoms with van der Waals surface area (Å²) in [4.78, 5) is 0. The van der Waals surface area contributed by atoms with Crippen LogP contribution in [0.5, 0.6) is 0 Å². The van der Waals surface area contributed by atoms with Crippen molar-refractivity contribution in [2.24, 2.45) is 11.3 Å². The van der Waals surface area contributed by atoms with Crippen molar-refractivity contribution in [1.29, 1.82) is 0 Å². The van der Waals surface area contributed by atoms with Gasteiger partial charge in [-0.1, -0.05) is 52.0 Å². The second-order valence-electron chi connectivity index (χ2n) is 5.07. The van der Waals surface area contributed by atoms with Gasteiger partial charge >= 0.3 is 0 Å². The monoisotopic (exact) mass is 217 g/mol. The number of hydrogen-bond acceptors (Lipinski definition) is 1. The van der Waals surface area contributed by atoms with Gasteiger partial charge in [-0.05, 0) is 25.0 Å². The van der Waals surface area contributed by atoms with Crippen LogP contribution in [-0.4, -0.2) is 0 Å². The van der Waals surface area contributed by atoms with Gasteiger partial charge in [-0.2, -0.15) is 0 Å². The molecule has 0 aliphatic heterocycles. The normalized spacial score (nSPS) is 13.0. The van der Waals surface area contributed by atoms with E-state index < -0.39 is 0 Å². The fourth-order valence-corrected chi connectivity index (χ4v) is 1.59. The maximum absolute atomic E-state index is 3.51. The molecule has 0 spiro atoms. The lowest BCUT2D eigenvalue weighted by Crippen LogP contribution is -2.26. The van der Waals surface area contributed by atoms with E-state index in [1.54, 1.807) is 0 Å². The molecule has 0 bridgehead atoms. The Morgan fingerprint density at radius 2 is 1.75 bits per heavy atom. The third kappa shape index (κ3) is 2.88. The lowest BCUT2D eigenvalue weighted by Gasteiger charge is -2.33. The first kappa shape index (κ1) is 12.8. The van der Waals surface area contributed by atoms with Crippen LogP contribution < -0.4 is 5.32 Å². The number of allylic oxidation sites excluding steroid dienone is 2. The Hall–Kier alpha value is -1.24. The highest BCUT2D eigenvalue weighted by atomic mass is 14.9. The lowest BCUT2D eigenvalue weighted by atomic mass is 9.78. The second kappa shape index (κ2) is 5.20. The fourth-order valence-electron chi connectivity index (χ4n) is 1.59. The summed E-state index contributed by atoms with van der Waals surface area (Å²) in [5, 5.41) is 3.51. The predicted octanol–water partition coefficient (Wildman–Crippen LogP) is 4.68. The third-order valence-corrected chi connectivity index (χ3v) is 3.48. The van der Waals surface area contributed by atoms with Crippen molar-refractivity contribution in [3.8, 4) is 0 Å². The van der Waals surface area contributed by atoms with Crippen LogP contribution in [0.2, 0.25) is 0 Å². The highest BCUT2D eigenvalue weighted by molar-refractivity contribution is 5.49. The van der Waals surface area contributed by atoms with Gasteiger partial charge in [0.15, 0.2) is 0 Å². The third-order valence-electron chi connectivity index (χ3n) is 3.48. The Balaban J connectivity index is 2.87. The summed E-state index contributed by atoms with van der Waals surface area (Å²) in [5.74, 6) is 0.606. The number of rotatable bonds is 4. The molecule has 16 heavy (non-hydrogen) atoms. The molecule has 1 nitrogen and oxygen atoms in total. The molecule has 0 amide bonds. The average molecular weight is 217 g/mol. The van der Waals surface area contributed by atoms with Crippen LogP contribution in [-0.2, 0) is 0 Å². The number of anilines is 1. The maximum Gasteiger partial charge on any atom is 0.0381 e. The quantitative estimate of drug-likeness (QED) is 0.771. The van der Waals surface area contributed by atoms with Gasteiger partial charge < -0.3 is 5.32 Å². The Morgan fingerprint density at radius 3 is 2.19 bits per heavy atom. The van der Waals surface area contributed by atoms with Crippen LogP contribution in [0.1, 0.15) is 34.6 Å². The van der Waals surface area contributed by atoms with Gasteiger partial charge in [0.25, 0.3) is 0 Å². The van der Waals surface area contributed by atoms with E-state index >= 15 is 0 Å². The van der Waals surface area contributed by atoms with Gasteiger partial charge in [-0.25, -0.2) is 0 Å². The summed E-state index contributed by atoms with van der Waals surface area (Å²) >= 11 is 0. The molecule has 0 aromatic heterocycles. The molecule has 0 atom stereocenters.